The molecule has 1 amide bonds. The van der Waals surface area contributed by atoms with Gasteiger partial charge in [-0.25, -0.2) is 4.39 Å². The maximum Gasteiger partial charge on any atom is 0.228 e. The zero-order valence-electron chi connectivity index (χ0n) is 10.6. The minimum absolute atomic E-state index is 0.0727. The van der Waals surface area contributed by atoms with Crippen molar-refractivity contribution in [1.82, 2.24) is 0 Å². The molecule has 1 aromatic carbocycles. The molecule has 1 fully saturated rings. The molecule has 20 heavy (non-hydrogen) atoms. The third-order valence-electron chi connectivity index (χ3n) is 4.13. The molecule has 2 bridgehead atoms. The van der Waals surface area contributed by atoms with E-state index in [1.54, 1.807) is 6.07 Å². The van der Waals surface area contributed by atoms with Crippen LogP contribution in [-0.2, 0) is 9.59 Å². The number of anilines is 1. The minimum atomic E-state index is -1.19. The number of aliphatic carboxylic acids is 1. The van der Waals surface area contributed by atoms with Crippen molar-refractivity contribution in [1.29, 1.82) is 0 Å². The predicted octanol–water partition coefficient (Wildman–Crippen LogP) is 0.952. The first-order valence-electron chi connectivity index (χ1n) is 6.52. The topological polar surface area (TPSA) is 69.2 Å². The van der Waals surface area contributed by atoms with Crippen molar-refractivity contribution in [3.63, 3.8) is 0 Å². The van der Waals surface area contributed by atoms with Crippen LogP contribution in [0.25, 0.3) is 0 Å². The van der Waals surface area contributed by atoms with E-state index in [-0.39, 0.29) is 17.7 Å². The summed E-state index contributed by atoms with van der Waals surface area (Å²) >= 11 is 0. The number of hydrogen-bond donors (Lipinski definition) is 1. The first-order chi connectivity index (χ1) is 9.56. The predicted molar refractivity (Wildman–Crippen MR) is 67.8 cm³/mol. The largest absolute Gasteiger partial charge is 0.550 e. The highest BCUT2D eigenvalue weighted by Gasteiger charge is 2.48. The van der Waals surface area contributed by atoms with Crippen LogP contribution in [0.5, 0.6) is 0 Å². The number of fused-ring (bicyclic) bond motifs is 2. The van der Waals surface area contributed by atoms with E-state index in [0.29, 0.717) is 12.1 Å². The Hall–Kier alpha value is -2.17. The molecule has 0 aromatic heterocycles. The van der Waals surface area contributed by atoms with E-state index in [9.17, 15) is 19.1 Å². The van der Waals surface area contributed by atoms with E-state index in [4.69, 9.17) is 0 Å². The fraction of sp³-hybridized carbons (Fsp3) is 0.333. The monoisotopic (exact) mass is 274 g/mol. The highest BCUT2D eigenvalue weighted by molar-refractivity contribution is 5.96. The van der Waals surface area contributed by atoms with Gasteiger partial charge >= 0.3 is 0 Å². The van der Waals surface area contributed by atoms with E-state index < -0.39 is 23.6 Å². The van der Waals surface area contributed by atoms with Gasteiger partial charge in [-0.05, 0) is 36.5 Å². The summed E-state index contributed by atoms with van der Waals surface area (Å²) in [6.45, 7) is 0. The maximum atomic E-state index is 13.1. The van der Waals surface area contributed by atoms with E-state index in [2.05, 4.69) is 5.32 Å². The number of benzene rings is 1. The smallest absolute Gasteiger partial charge is 0.228 e. The van der Waals surface area contributed by atoms with Crippen LogP contribution in [0.2, 0.25) is 0 Å². The van der Waals surface area contributed by atoms with Crippen LogP contribution in [0.1, 0.15) is 6.42 Å². The summed E-state index contributed by atoms with van der Waals surface area (Å²) < 4.78 is 13.1. The number of halogens is 1. The fourth-order valence-electron chi connectivity index (χ4n) is 3.29. The third kappa shape index (κ3) is 2.09. The molecule has 0 saturated heterocycles. The van der Waals surface area contributed by atoms with Crippen LogP contribution in [0, 0.1) is 29.5 Å². The molecule has 5 heteroatoms. The van der Waals surface area contributed by atoms with Gasteiger partial charge in [0, 0.05) is 17.6 Å². The van der Waals surface area contributed by atoms with E-state index in [1.165, 1.54) is 18.2 Å². The van der Waals surface area contributed by atoms with Gasteiger partial charge in [0.05, 0.1) is 5.92 Å². The summed E-state index contributed by atoms with van der Waals surface area (Å²) in [5.74, 6) is -3.67. The number of carboxylic acids is 1. The van der Waals surface area contributed by atoms with Crippen molar-refractivity contribution in [2.45, 2.75) is 6.42 Å². The first-order valence-corrected chi connectivity index (χ1v) is 6.52. The van der Waals surface area contributed by atoms with Crippen molar-refractivity contribution in [2.24, 2.45) is 23.7 Å². The molecule has 1 aromatic rings. The molecule has 0 heterocycles. The molecule has 2 aliphatic carbocycles. The lowest BCUT2D eigenvalue weighted by Gasteiger charge is -2.27. The Kier molecular flexibility index (Phi) is 3.04. The summed E-state index contributed by atoms with van der Waals surface area (Å²) in [4.78, 5) is 23.5. The summed E-state index contributed by atoms with van der Waals surface area (Å²) in [6, 6.07) is 5.54. The Morgan fingerprint density at radius 1 is 1.20 bits per heavy atom. The van der Waals surface area contributed by atoms with Gasteiger partial charge < -0.3 is 15.2 Å². The Bertz CT molecular complexity index is 599. The van der Waals surface area contributed by atoms with Crippen LogP contribution in [0.3, 0.4) is 0 Å². The number of carbonyl (C=O) groups is 2. The molecule has 1 N–H and O–H groups in total. The highest BCUT2D eigenvalue weighted by atomic mass is 19.1. The average molecular weight is 274 g/mol. The molecule has 104 valence electrons. The average Bonchev–Trinajstić information content (AvgIpc) is 2.98. The molecule has 0 radical (unpaired) electrons. The molecule has 4 nitrogen and oxygen atoms in total. The molecular formula is C15H13FNO3-. The molecule has 0 aliphatic heterocycles. The molecule has 3 rings (SSSR count). The Labute approximate surface area is 115 Å². The molecular weight excluding hydrogens is 261 g/mol. The van der Waals surface area contributed by atoms with Crippen molar-refractivity contribution >= 4 is 17.6 Å². The number of amides is 1. The zero-order chi connectivity index (χ0) is 14.3. The lowest BCUT2D eigenvalue weighted by atomic mass is 9.82. The number of rotatable bonds is 3. The SMILES string of the molecule is O=C([O-])[C@@H]1[C@H](C(=O)Nc2cccc(F)c2)[C@@H]2C=C[C@H]1C2. The van der Waals surface area contributed by atoms with Crippen molar-refractivity contribution in [3.05, 3.63) is 42.2 Å². The Morgan fingerprint density at radius 3 is 2.55 bits per heavy atom. The van der Waals surface area contributed by atoms with Gasteiger partial charge in [-0.1, -0.05) is 18.2 Å². The second kappa shape index (κ2) is 4.74. The van der Waals surface area contributed by atoms with Crippen LogP contribution in [0.15, 0.2) is 36.4 Å². The Morgan fingerprint density at radius 2 is 1.90 bits per heavy atom. The quantitative estimate of drug-likeness (QED) is 0.834. The number of allylic oxidation sites excluding steroid dienone is 2. The number of carbonyl (C=O) groups excluding carboxylic acids is 2. The number of nitrogens with one attached hydrogen (secondary N) is 1. The molecule has 4 atom stereocenters. The van der Waals surface area contributed by atoms with E-state index >= 15 is 0 Å². The van der Waals surface area contributed by atoms with Gasteiger partial charge in [-0.2, -0.15) is 0 Å². The van der Waals surface area contributed by atoms with Crippen molar-refractivity contribution in [3.8, 4) is 0 Å². The molecule has 0 unspecified atom stereocenters. The summed E-state index contributed by atoms with van der Waals surface area (Å²) in [6.07, 6.45) is 4.40. The second-order valence-corrected chi connectivity index (χ2v) is 5.32. The van der Waals surface area contributed by atoms with Gasteiger partial charge in [0.2, 0.25) is 5.91 Å². The summed E-state index contributed by atoms with van der Waals surface area (Å²) in [5.41, 5.74) is 0.332. The lowest BCUT2D eigenvalue weighted by Crippen LogP contribution is -2.42. The van der Waals surface area contributed by atoms with Gasteiger partial charge in [-0.3, -0.25) is 4.79 Å². The standard InChI is InChI=1S/C15H14FNO3/c16-10-2-1-3-11(7-10)17-14(18)12-8-4-5-9(6-8)13(12)15(19)20/h1-5,7-9,12-13H,6H2,(H,17,18)(H,19,20)/p-1/t8-,9+,12-,13+/m1/s1. The van der Waals surface area contributed by atoms with Crippen molar-refractivity contribution < 1.29 is 19.1 Å². The molecule has 0 spiro atoms. The van der Waals surface area contributed by atoms with Crippen LogP contribution >= 0.6 is 0 Å². The van der Waals surface area contributed by atoms with Crippen LogP contribution in [0.4, 0.5) is 10.1 Å². The van der Waals surface area contributed by atoms with Gasteiger partial charge in [-0.15, -0.1) is 0 Å². The maximum absolute atomic E-state index is 13.1. The minimum Gasteiger partial charge on any atom is -0.550 e. The summed E-state index contributed by atoms with van der Waals surface area (Å²) in [7, 11) is 0. The fourth-order valence-corrected chi connectivity index (χ4v) is 3.29. The first kappa shape index (κ1) is 12.8. The normalized spacial score (nSPS) is 30.4. The van der Waals surface area contributed by atoms with E-state index in [0.717, 1.165) is 0 Å². The molecule has 1 saturated carbocycles. The molecule has 2 aliphatic rings. The zero-order valence-corrected chi connectivity index (χ0v) is 10.6. The third-order valence-corrected chi connectivity index (χ3v) is 4.13. The highest BCUT2D eigenvalue weighted by Crippen LogP contribution is 2.48. The number of hydrogen-bond acceptors (Lipinski definition) is 3. The second-order valence-electron chi connectivity index (χ2n) is 5.32. The lowest BCUT2D eigenvalue weighted by molar-refractivity contribution is -0.313. The van der Waals surface area contributed by atoms with Gasteiger partial charge in [0.15, 0.2) is 0 Å². The van der Waals surface area contributed by atoms with Gasteiger partial charge in [0.25, 0.3) is 0 Å². The number of carboxylic acid groups (broad SMARTS) is 1. The van der Waals surface area contributed by atoms with Crippen LogP contribution in [-0.4, -0.2) is 11.9 Å². The van der Waals surface area contributed by atoms with Crippen LogP contribution < -0.4 is 10.4 Å². The van der Waals surface area contributed by atoms with Gasteiger partial charge in [0.1, 0.15) is 5.82 Å². The van der Waals surface area contributed by atoms with E-state index in [1.807, 2.05) is 12.2 Å². The summed E-state index contributed by atoms with van der Waals surface area (Å²) in [5, 5.41) is 13.8. The van der Waals surface area contributed by atoms with Crippen molar-refractivity contribution in [2.75, 3.05) is 5.32 Å². The Balaban J connectivity index is 1.80.